The quantitative estimate of drug-likeness (QED) is 0.237. The second-order valence-corrected chi connectivity index (χ2v) is 9.20. The molecule has 2 amide bonds. The molecule has 0 aliphatic carbocycles. The Hall–Kier alpha value is -4.38. The lowest BCUT2D eigenvalue weighted by atomic mass is 10.1. The highest BCUT2D eigenvalue weighted by molar-refractivity contribution is 9.10. The minimum absolute atomic E-state index is 0.157. The second kappa shape index (κ2) is 10.3. The van der Waals surface area contributed by atoms with E-state index in [2.05, 4.69) is 52.9 Å². The number of nitrogens with zero attached hydrogens (tertiary/aromatic N) is 4. The van der Waals surface area contributed by atoms with Crippen molar-refractivity contribution in [2.24, 2.45) is 0 Å². The number of ether oxygens (including phenoxy) is 1. The number of methoxy groups -OCH3 is 1. The third-order valence-electron chi connectivity index (χ3n) is 5.52. The third-order valence-corrected chi connectivity index (χ3v) is 5.95. The summed E-state index contributed by atoms with van der Waals surface area (Å²) in [6.07, 6.45) is 0. The Morgan fingerprint density at radius 1 is 1.08 bits per heavy atom. The number of aryl methyl sites for hydroxylation is 2. The van der Waals surface area contributed by atoms with Gasteiger partial charge in [-0.3, -0.25) is 10.4 Å². The van der Waals surface area contributed by atoms with Gasteiger partial charge in [-0.1, -0.05) is 6.07 Å². The molecule has 5 rings (SSSR count). The zero-order valence-electron chi connectivity index (χ0n) is 20.4. The minimum atomic E-state index is -0.417. The van der Waals surface area contributed by atoms with Crippen LogP contribution in [0.25, 0.3) is 28.5 Å². The van der Waals surface area contributed by atoms with Crippen LogP contribution in [0.2, 0.25) is 0 Å². The first-order valence-electron chi connectivity index (χ1n) is 11.4. The molecule has 5 aromatic rings. The van der Waals surface area contributed by atoms with E-state index >= 15 is 0 Å². The first-order chi connectivity index (χ1) is 17.9. The van der Waals surface area contributed by atoms with E-state index in [1.54, 1.807) is 23.9 Å². The predicted octanol–water partition coefficient (Wildman–Crippen LogP) is 5.63. The lowest BCUT2D eigenvalue weighted by molar-refractivity contribution is 0.251. The summed E-state index contributed by atoms with van der Waals surface area (Å²) in [5, 5.41) is 17.5. The van der Waals surface area contributed by atoms with Gasteiger partial charge in [0.25, 0.3) is 0 Å². The van der Waals surface area contributed by atoms with Crippen molar-refractivity contribution in [3.05, 3.63) is 82.3 Å². The van der Waals surface area contributed by atoms with Crippen LogP contribution in [-0.4, -0.2) is 38.1 Å². The molecule has 3 aromatic heterocycles. The molecule has 0 saturated heterocycles. The number of H-pyrrole nitrogens is 1. The Morgan fingerprint density at radius 3 is 2.51 bits per heavy atom. The third kappa shape index (κ3) is 5.56. The first-order valence-corrected chi connectivity index (χ1v) is 12.2. The minimum Gasteiger partial charge on any atom is -0.497 e. The SMILES string of the molecule is COc1ccc(-c2n[nH]c(CNC(=O)Nc3cc(-c4ccc(Br)o4)nn3-c3cc(C)cc(C)c3)n2)cc1. The number of benzene rings is 2. The fourth-order valence-electron chi connectivity index (χ4n) is 3.88. The molecule has 3 heterocycles. The van der Waals surface area contributed by atoms with E-state index in [-0.39, 0.29) is 6.54 Å². The maximum atomic E-state index is 12.8. The lowest BCUT2D eigenvalue weighted by Crippen LogP contribution is -2.29. The maximum absolute atomic E-state index is 12.8. The lowest BCUT2D eigenvalue weighted by Gasteiger charge is -2.11. The van der Waals surface area contributed by atoms with Crippen molar-refractivity contribution < 1.29 is 13.9 Å². The first kappa shape index (κ1) is 24.3. The van der Waals surface area contributed by atoms with Crippen LogP contribution in [0.15, 0.2) is 69.8 Å². The van der Waals surface area contributed by atoms with E-state index < -0.39 is 6.03 Å². The molecule has 0 atom stereocenters. The van der Waals surface area contributed by atoms with Crippen molar-refractivity contribution in [3.63, 3.8) is 0 Å². The topological polar surface area (TPSA) is 123 Å². The van der Waals surface area contributed by atoms with Crippen molar-refractivity contribution in [2.75, 3.05) is 12.4 Å². The number of hydrogen-bond acceptors (Lipinski definition) is 6. The molecule has 188 valence electrons. The van der Waals surface area contributed by atoms with Crippen LogP contribution in [0.1, 0.15) is 17.0 Å². The van der Waals surface area contributed by atoms with Gasteiger partial charge in [-0.15, -0.1) is 0 Å². The number of nitrogens with one attached hydrogen (secondary N) is 3. The summed E-state index contributed by atoms with van der Waals surface area (Å²) in [6.45, 7) is 4.19. The summed E-state index contributed by atoms with van der Waals surface area (Å²) < 4.78 is 13.1. The number of aromatic amines is 1. The molecule has 11 heteroatoms. The molecule has 0 saturated carbocycles. The van der Waals surface area contributed by atoms with Crippen LogP contribution in [0.4, 0.5) is 10.6 Å². The smallest absolute Gasteiger partial charge is 0.320 e. The molecule has 0 aliphatic heterocycles. The zero-order valence-corrected chi connectivity index (χ0v) is 22.0. The Morgan fingerprint density at radius 2 is 1.84 bits per heavy atom. The normalized spacial score (nSPS) is 10.9. The summed E-state index contributed by atoms with van der Waals surface area (Å²) in [5.74, 6) is 2.86. The Balaban J connectivity index is 1.32. The van der Waals surface area contributed by atoms with Gasteiger partial charge in [-0.05, 0) is 89.4 Å². The Kier molecular flexibility index (Phi) is 6.78. The van der Waals surface area contributed by atoms with Gasteiger partial charge in [0.1, 0.15) is 23.1 Å². The number of halogens is 1. The number of anilines is 1. The van der Waals surface area contributed by atoms with Gasteiger partial charge in [-0.2, -0.15) is 10.2 Å². The fraction of sp³-hybridized carbons (Fsp3) is 0.154. The molecular weight excluding hydrogens is 538 g/mol. The number of carbonyl (C=O) groups excluding carboxylic acids is 1. The van der Waals surface area contributed by atoms with Crippen molar-refractivity contribution in [2.45, 2.75) is 20.4 Å². The highest BCUT2D eigenvalue weighted by Crippen LogP contribution is 2.28. The second-order valence-electron chi connectivity index (χ2n) is 8.42. The number of carbonyl (C=O) groups is 1. The largest absolute Gasteiger partial charge is 0.497 e. The van der Waals surface area contributed by atoms with Gasteiger partial charge in [-0.25, -0.2) is 14.5 Å². The van der Waals surface area contributed by atoms with Crippen LogP contribution in [0.5, 0.6) is 5.75 Å². The van der Waals surface area contributed by atoms with Gasteiger partial charge in [0.2, 0.25) is 0 Å². The fourth-order valence-corrected chi connectivity index (χ4v) is 4.19. The number of hydrogen-bond donors (Lipinski definition) is 3. The number of furan rings is 1. The standard InChI is InChI=1S/C26H24BrN7O3/c1-15-10-16(2)12-18(11-15)34-24(13-20(33-34)21-8-9-22(27)37-21)30-26(35)28-14-23-29-25(32-31-23)17-4-6-19(36-3)7-5-17/h4-13H,14H2,1-3H3,(H2,28,30,35)(H,29,31,32). The average Bonchev–Trinajstić information content (AvgIpc) is 3.62. The number of urea groups is 1. The van der Waals surface area contributed by atoms with Crippen molar-refractivity contribution in [3.8, 4) is 34.3 Å². The van der Waals surface area contributed by atoms with Gasteiger partial charge in [0, 0.05) is 11.6 Å². The highest BCUT2D eigenvalue weighted by Gasteiger charge is 2.17. The molecule has 0 bridgehead atoms. The van der Waals surface area contributed by atoms with Crippen LogP contribution >= 0.6 is 15.9 Å². The zero-order chi connectivity index (χ0) is 25.9. The van der Waals surface area contributed by atoms with Crippen LogP contribution in [-0.2, 0) is 6.54 Å². The molecule has 2 aromatic carbocycles. The van der Waals surface area contributed by atoms with Gasteiger partial charge in [0.05, 0.1) is 19.3 Å². The van der Waals surface area contributed by atoms with E-state index in [4.69, 9.17) is 9.15 Å². The average molecular weight is 562 g/mol. The molecule has 0 spiro atoms. The maximum Gasteiger partial charge on any atom is 0.320 e. The highest BCUT2D eigenvalue weighted by atomic mass is 79.9. The van der Waals surface area contributed by atoms with Gasteiger partial charge in [0.15, 0.2) is 16.3 Å². The van der Waals surface area contributed by atoms with Crippen molar-refractivity contribution in [1.82, 2.24) is 30.3 Å². The predicted molar refractivity (Wildman–Crippen MR) is 143 cm³/mol. The molecule has 3 N–H and O–H groups in total. The van der Waals surface area contributed by atoms with E-state index in [1.165, 1.54) is 0 Å². The summed E-state index contributed by atoms with van der Waals surface area (Å²) >= 11 is 3.32. The van der Waals surface area contributed by atoms with Crippen molar-refractivity contribution >= 4 is 27.8 Å². The van der Waals surface area contributed by atoms with E-state index in [1.807, 2.05) is 56.3 Å². The summed E-state index contributed by atoms with van der Waals surface area (Å²) in [6, 6.07) is 18.4. The molecular formula is C26H24BrN7O3. The molecule has 0 unspecified atom stereocenters. The number of amides is 2. The summed E-state index contributed by atoms with van der Waals surface area (Å²) in [4.78, 5) is 17.3. The monoisotopic (exact) mass is 561 g/mol. The van der Waals surface area contributed by atoms with E-state index in [0.717, 1.165) is 28.1 Å². The van der Waals surface area contributed by atoms with E-state index in [0.29, 0.717) is 33.6 Å². The summed E-state index contributed by atoms with van der Waals surface area (Å²) in [7, 11) is 1.61. The summed E-state index contributed by atoms with van der Waals surface area (Å²) in [5.41, 5.74) is 4.41. The molecule has 0 radical (unpaired) electrons. The van der Waals surface area contributed by atoms with Crippen LogP contribution < -0.4 is 15.4 Å². The van der Waals surface area contributed by atoms with Gasteiger partial charge < -0.3 is 14.5 Å². The molecule has 37 heavy (non-hydrogen) atoms. The van der Waals surface area contributed by atoms with Crippen LogP contribution in [0, 0.1) is 13.8 Å². The van der Waals surface area contributed by atoms with E-state index in [9.17, 15) is 4.79 Å². The van der Waals surface area contributed by atoms with Crippen molar-refractivity contribution in [1.29, 1.82) is 0 Å². The molecule has 0 aliphatic rings. The number of aromatic nitrogens is 5. The van der Waals surface area contributed by atoms with Crippen LogP contribution in [0.3, 0.4) is 0 Å². The molecule has 10 nitrogen and oxygen atoms in total. The Bertz CT molecular complexity index is 1530. The van der Waals surface area contributed by atoms with Gasteiger partial charge >= 0.3 is 6.03 Å². The Labute approximate surface area is 221 Å². The molecule has 0 fully saturated rings. The number of rotatable bonds is 7.